The number of ether oxygens (including phenoxy) is 1. The molecule has 2 aromatic carbocycles. The summed E-state index contributed by atoms with van der Waals surface area (Å²) in [7, 11) is 1.56. The molecule has 0 bridgehead atoms. The molecule has 0 aliphatic heterocycles. The second-order valence-corrected chi connectivity index (χ2v) is 5.94. The summed E-state index contributed by atoms with van der Waals surface area (Å²) in [5.74, 6) is 0.296. The minimum atomic E-state index is -0.222. The van der Waals surface area contributed by atoms with Gasteiger partial charge in [0.2, 0.25) is 5.91 Å². The number of benzene rings is 2. The van der Waals surface area contributed by atoms with Crippen molar-refractivity contribution in [3.8, 4) is 5.75 Å². The molecule has 2 aromatic rings. The first kappa shape index (κ1) is 19.5. The molecule has 26 heavy (non-hydrogen) atoms. The quantitative estimate of drug-likeness (QED) is 0.761. The summed E-state index contributed by atoms with van der Waals surface area (Å²) in [6.45, 7) is 4.41. The fourth-order valence-corrected chi connectivity index (χ4v) is 2.76. The first-order chi connectivity index (χ1) is 12.6. The highest BCUT2D eigenvalue weighted by Crippen LogP contribution is 2.22. The molecule has 0 saturated heterocycles. The van der Waals surface area contributed by atoms with E-state index in [0.29, 0.717) is 11.3 Å². The van der Waals surface area contributed by atoms with E-state index < -0.39 is 0 Å². The number of nitrogens with one attached hydrogen (secondary N) is 2. The maximum Gasteiger partial charge on any atom is 0.251 e. The summed E-state index contributed by atoms with van der Waals surface area (Å²) in [5, 5.41) is 5.77. The van der Waals surface area contributed by atoms with Crippen molar-refractivity contribution in [3.05, 3.63) is 59.2 Å². The molecule has 0 spiro atoms. The van der Waals surface area contributed by atoms with E-state index in [-0.39, 0.29) is 24.8 Å². The minimum Gasteiger partial charge on any atom is -0.497 e. The summed E-state index contributed by atoms with van der Waals surface area (Å²) in [6.07, 6.45) is 1.93. The van der Waals surface area contributed by atoms with Gasteiger partial charge < -0.3 is 15.4 Å². The highest BCUT2D eigenvalue weighted by Gasteiger charge is 2.11. The van der Waals surface area contributed by atoms with E-state index in [1.165, 1.54) is 0 Å². The zero-order valence-electron chi connectivity index (χ0n) is 15.6. The van der Waals surface area contributed by atoms with Crippen LogP contribution < -0.4 is 15.4 Å². The fourth-order valence-electron chi connectivity index (χ4n) is 2.76. The van der Waals surface area contributed by atoms with Crippen molar-refractivity contribution in [2.24, 2.45) is 0 Å². The first-order valence-electron chi connectivity index (χ1n) is 8.91. The van der Waals surface area contributed by atoms with Crippen molar-refractivity contribution in [2.75, 3.05) is 19.0 Å². The maximum absolute atomic E-state index is 12.3. The highest BCUT2D eigenvalue weighted by molar-refractivity contribution is 5.96. The zero-order chi connectivity index (χ0) is 18.9. The number of rotatable bonds is 8. The van der Waals surface area contributed by atoms with Gasteiger partial charge >= 0.3 is 0 Å². The third-order valence-corrected chi connectivity index (χ3v) is 4.23. The molecule has 0 fully saturated rings. The third-order valence-electron chi connectivity index (χ3n) is 4.23. The van der Waals surface area contributed by atoms with Gasteiger partial charge in [-0.05, 0) is 42.2 Å². The average molecular weight is 354 g/mol. The van der Waals surface area contributed by atoms with E-state index in [0.717, 1.165) is 29.7 Å². The molecule has 0 aromatic heterocycles. The molecule has 0 atom stereocenters. The largest absolute Gasteiger partial charge is 0.497 e. The lowest BCUT2D eigenvalue weighted by molar-refractivity contribution is -0.116. The molecule has 5 heteroatoms. The van der Waals surface area contributed by atoms with Gasteiger partial charge in [-0.2, -0.15) is 0 Å². The Kier molecular flexibility index (Phi) is 7.21. The minimum absolute atomic E-state index is 0.105. The normalized spacial score (nSPS) is 10.3. The van der Waals surface area contributed by atoms with Gasteiger partial charge in [-0.1, -0.05) is 38.1 Å². The Morgan fingerprint density at radius 1 is 1.00 bits per heavy atom. The molecule has 0 saturated carbocycles. The predicted molar refractivity (Wildman–Crippen MR) is 104 cm³/mol. The molecule has 0 heterocycles. The Hall–Kier alpha value is -2.82. The molecule has 2 N–H and O–H groups in total. The number of carbonyl (C=O) groups excluding carboxylic acids is 2. The van der Waals surface area contributed by atoms with Crippen molar-refractivity contribution in [1.29, 1.82) is 0 Å². The SMILES string of the molecule is CCc1cccc(CC)c1NC(=O)CCNC(=O)c1cccc(OC)c1. The lowest BCUT2D eigenvalue weighted by Gasteiger charge is -2.14. The Labute approximate surface area is 154 Å². The molecular weight excluding hydrogens is 328 g/mol. The Bertz CT molecular complexity index is 749. The van der Waals surface area contributed by atoms with Crippen molar-refractivity contribution in [1.82, 2.24) is 5.32 Å². The smallest absolute Gasteiger partial charge is 0.251 e. The molecule has 5 nitrogen and oxygen atoms in total. The first-order valence-corrected chi connectivity index (χ1v) is 8.91. The second kappa shape index (κ2) is 9.61. The fraction of sp³-hybridized carbons (Fsp3) is 0.333. The molecule has 2 rings (SSSR count). The summed E-state index contributed by atoms with van der Waals surface area (Å²) < 4.78 is 5.11. The molecule has 0 aliphatic rings. The third kappa shape index (κ3) is 5.09. The number of hydrogen-bond acceptors (Lipinski definition) is 3. The highest BCUT2D eigenvalue weighted by atomic mass is 16.5. The van der Waals surface area contributed by atoms with Crippen LogP contribution in [-0.2, 0) is 17.6 Å². The molecule has 2 amide bonds. The Morgan fingerprint density at radius 2 is 1.65 bits per heavy atom. The van der Waals surface area contributed by atoms with Crippen LogP contribution in [0.1, 0.15) is 41.8 Å². The van der Waals surface area contributed by atoms with Gasteiger partial charge in [0, 0.05) is 24.2 Å². The van der Waals surface area contributed by atoms with Gasteiger partial charge in [-0.3, -0.25) is 9.59 Å². The van der Waals surface area contributed by atoms with Gasteiger partial charge in [-0.25, -0.2) is 0 Å². The number of methoxy groups -OCH3 is 1. The topological polar surface area (TPSA) is 67.4 Å². The molecule has 138 valence electrons. The number of amides is 2. The Balaban J connectivity index is 1.90. The lowest BCUT2D eigenvalue weighted by atomic mass is 10.0. The van der Waals surface area contributed by atoms with Crippen molar-refractivity contribution in [3.63, 3.8) is 0 Å². The molecular formula is C21H26N2O3. The van der Waals surface area contributed by atoms with E-state index in [1.807, 2.05) is 18.2 Å². The van der Waals surface area contributed by atoms with Crippen LogP contribution in [-0.4, -0.2) is 25.5 Å². The Morgan fingerprint density at radius 3 is 2.27 bits per heavy atom. The van der Waals surface area contributed by atoms with Crippen LogP contribution in [0.25, 0.3) is 0 Å². The summed E-state index contributed by atoms with van der Waals surface area (Å²) in [5.41, 5.74) is 3.66. The van der Waals surface area contributed by atoms with Crippen LogP contribution in [0.5, 0.6) is 5.75 Å². The van der Waals surface area contributed by atoms with Gasteiger partial charge in [0.05, 0.1) is 7.11 Å². The van der Waals surface area contributed by atoms with Gasteiger partial charge in [0.1, 0.15) is 5.75 Å². The van der Waals surface area contributed by atoms with Crippen LogP contribution in [0.2, 0.25) is 0 Å². The summed E-state index contributed by atoms with van der Waals surface area (Å²) in [4.78, 5) is 24.4. The standard InChI is InChI=1S/C21H26N2O3/c1-4-15-8-6-9-16(5-2)20(15)23-19(24)12-13-22-21(25)17-10-7-11-18(14-17)26-3/h6-11,14H,4-5,12-13H2,1-3H3,(H,22,25)(H,23,24). The van der Waals surface area contributed by atoms with Gasteiger partial charge in [-0.15, -0.1) is 0 Å². The second-order valence-electron chi connectivity index (χ2n) is 5.94. The average Bonchev–Trinajstić information content (AvgIpc) is 2.68. The molecule has 0 radical (unpaired) electrons. The van der Waals surface area contributed by atoms with Crippen molar-refractivity contribution in [2.45, 2.75) is 33.1 Å². The van der Waals surface area contributed by atoms with Crippen LogP contribution in [0.3, 0.4) is 0 Å². The number of hydrogen-bond donors (Lipinski definition) is 2. The molecule has 0 aliphatic carbocycles. The van der Waals surface area contributed by atoms with Crippen LogP contribution in [0.4, 0.5) is 5.69 Å². The van der Waals surface area contributed by atoms with E-state index >= 15 is 0 Å². The number of anilines is 1. The monoisotopic (exact) mass is 354 g/mol. The predicted octanol–water partition coefficient (Wildman–Crippen LogP) is 3.58. The number of carbonyl (C=O) groups is 2. The van der Waals surface area contributed by atoms with Crippen LogP contribution in [0, 0.1) is 0 Å². The number of para-hydroxylation sites is 1. The van der Waals surface area contributed by atoms with Crippen LogP contribution in [0.15, 0.2) is 42.5 Å². The van der Waals surface area contributed by atoms with Gasteiger partial charge in [0.25, 0.3) is 5.91 Å². The summed E-state index contributed by atoms with van der Waals surface area (Å²) >= 11 is 0. The lowest BCUT2D eigenvalue weighted by Crippen LogP contribution is -2.28. The van der Waals surface area contributed by atoms with Gasteiger partial charge in [0.15, 0.2) is 0 Å². The maximum atomic E-state index is 12.3. The van der Waals surface area contributed by atoms with Crippen LogP contribution >= 0.6 is 0 Å². The van der Waals surface area contributed by atoms with Crippen molar-refractivity contribution < 1.29 is 14.3 Å². The molecule has 0 unspecified atom stereocenters. The van der Waals surface area contributed by atoms with Crippen molar-refractivity contribution >= 4 is 17.5 Å². The zero-order valence-corrected chi connectivity index (χ0v) is 15.6. The number of aryl methyl sites for hydroxylation is 2. The van der Waals surface area contributed by atoms with E-state index in [4.69, 9.17) is 4.74 Å². The van der Waals surface area contributed by atoms with E-state index in [2.05, 4.69) is 24.5 Å². The van der Waals surface area contributed by atoms with E-state index in [1.54, 1.807) is 31.4 Å². The van der Waals surface area contributed by atoms with E-state index in [9.17, 15) is 9.59 Å². The summed E-state index contributed by atoms with van der Waals surface area (Å²) in [6, 6.07) is 13.0.